The molecule has 0 aromatic carbocycles. The van der Waals surface area contributed by atoms with Crippen molar-refractivity contribution in [2.75, 3.05) is 6.54 Å². The van der Waals surface area contributed by atoms with Gasteiger partial charge in [-0.1, -0.05) is 25.1 Å². The summed E-state index contributed by atoms with van der Waals surface area (Å²) >= 11 is 0. The Morgan fingerprint density at radius 2 is 2.36 bits per heavy atom. The summed E-state index contributed by atoms with van der Waals surface area (Å²) in [6.45, 7) is 3.03. The molecule has 0 spiro atoms. The largest absolute Gasteiger partial charge is 0.380 e. The van der Waals surface area contributed by atoms with Gasteiger partial charge in [0.25, 0.3) is 0 Å². The summed E-state index contributed by atoms with van der Waals surface area (Å²) in [5.41, 5.74) is 3.41. The smallest absolute Gasteiger partial charge is 0.0861 e. The maximum atomic E-state index is 4.41. The molecule has 0 unspecified atom stereocenters. The Labute approximate surface area is 84.4 Å². The number of pyridine rings is 1. The second-order valence-electron chi connectivity index (χ2n) is 3.29. The van der Waals surface area contributed by atoms with Gasteiger partial charge in [0.05, 0.1) is 11.4 Å². The van der Waals surface area contributed by atoms with E-state index < -0.39 is 0 Å². The predicted octanol–water partition coefficient (Wildman–Crippen LogP) is 2.14. The number of aromatic nitrogens is 1. The van der Waals surface area contributed by atoms with E-state index in [1.54, 1.807) is 0 Å². The van der Waals surface area contributed by atoms with Crippen molar-refractivity contribution in [1.29, 1.82) is 0 Å². The molecule has 2 rings (SSSR count). The van der Waals surface area contributed by atoms with Crippen LogP contribution in [-0.2, 0) is 6.42 Å². The van der Waals surface area contributed by atoms with Crippen molar-refractivity contribution in [1.82, 2.24) is 10.3 Å². The van der Waals surface area contributed by atoms with Crippen molar-refractivity contribution in [3.8, 4) is 0 Å². The van der Waals surface area contributed by atoms with Crippen molar-refractivity contribution in [2.45, 2.75) is 13.3 Å². The van der Waals surface area contributed by atoms with Gasteiger partial charge in [0.1, 0.15) is 0 Å². The van der Waals surface area contributed by atoms with E-state index in [1.165, 1.54) is 5.56 Å². The number of rotatable bonds is 2. The van der Waals surface area contributed by atoms with Crippen molar-refractivity contribution in [3.63, 3.8) is 0 Å². The van der Waals surface area contributed by atoms with Gasteiger partial charge in [-0.2, -0.15) is 0 Å². The molecule has 0 saturated heterocycles. The second kappa shape index (κ2) is 4.09. The van der Waals surface area contributed by atoms with Crippen LogP contribution in [0.5, 0.6) is 0 Å². The summed E-state index contributed by atoms with van der Waals surface area (Å²) in [6, 6.07) is 4.19. The Hall–Kier alpha value is -1.57. The van der Waals surface area contributed by atoms with Crippen LogP contribution in [0.2, 0.25) is 0 Å². The third-order valence-corrected chi connectivity index (χ3v) is 2.32. The fourth-order valence-electron chi connectivity index (χ4n) is 1.43. The second-order valence-corrected chi connectivity index (χ2v) is 3.29. The zero-order valence-corrected chi connectivity index (χ0v) is 8.33. The zero-order chi connectivity index (χ0) is 9.80. The molecular formula is C12H14N2. The van der Waals surface area contributed by atoms with Crippen LogP contribution in [0.1, 0.15) is 18.2 Å². The number of nitrogens with one attached hydrogen (secondary N) is 1. The van der Waals surface area contributed by atoms with Crippen LogP contribution < -0.4 is 5.32 Å². The molecule has 0 aliphatic carbocycles. The normalized spacial score (nSPS) is 14.8. The van der Waals surface area contributed by atoms with E-state index in [1.807, 2.05) is 6.20 Å². The van der Waals surface area contributed by atoms with Crippen molar-refractivity contribution < 1.29 is 0 Å². The molecule has 14 heavy (non-hydrogen) atoms. The van der Waals surface area contributed by atoms with E-state index in [9.17, 15) is 0 Å². The molecule has 0 saturated carbocycles. The van der Waals surface area contributed by atoms with E-state index in [2.05, 4.69) is 47.6 Å². The van der Waals surface area contributed by atoms with Crippen molar-refractivity contribution >= 4 is 5.70 Å². The standard InChI is InChI=1S/C12H14N2/c1-2-10-6-7-12(14-9-10)11-5-3-4-8-13-11/h3-7,9,13H,2,8H2,1H3. The Morgan fingerprint density at radius 3 is 2.93 bits per heavy atom. The molecule has 0 fully saturated rings. The third kappa shape index (κ3) is 1.84. The van der Waals surface area contributed by atoms with Gasteiger partial charge in [0.15, 0.2) is 0 Å². The summed E-state index contributed by atoms with van der Waals surface area (Å²) in [4.78, 5) is 4.41. The molecule has 1 aromatic rings. The van der Waals surface area contributed by atoms with Crippen LogP contribution in [0.15, 0.2) is 36.6 Å². The average molecular weight is 186 g/mol. The van der Waals surface area contributed by atoms with E-state index in [-0.39, 0.29) is 0 Å². The van der Waals surface area contributed by atoms with Gasteiger partial charge in [-0.25, -0.2) is 0 Å². The number of hydrogen-bond donors (Lipinski definition) is 1. The quantitative estimate of drug-likeness (QED) is 0.765. The van der Waals surface area contributed by atoms with Crippen molar-refractivity contribution in [2.24, 2.45) is 0 Å². The van der Waals surface area contributed by atoms with Gasteiger partial charge in [-0.15, -0.1) is 0 Å². The fourth-order valence-corrected chi connectivity index (χ4v) is 1.43. The summed E-state index contributed by atoms with van der Waals surface area (Å²) in [5.74, 6) is 0. The van der Waals surface area contributed by atoms with Crippen LogP contribution in [0.3, 0.4) is 0 Å². The van der Waals surface area contributed by atoms with E-state index in [0.29, 0.717) is 0 Å². The molecule has 1 N–H and O–H groups in total. The highest BCUT2D eigenvalue weighted by molar-refractivity contribution is 5.63. The van der Waals surface area contributed by atoms with Crippen LogP contribution in [-0.4, -0.2) is 11.5 Å². The summed E-state index contributed by atoms with van der Waals surface area (Å²) < 4.78 is 0. The molecule has 1 aliphatic heterocycles. The number of nitrogens with zero attached hydrogens (tertiary/aromatic N) is 1. The Bertz CT molecular complexity index is 360. The summed E-state index contributed by atoms with van der Waals surface area (Å²) in [7, 11) is 0. The minimum atomic E-state index is 0.892. The number of aryl methyl sites for hydroxylation is 1. The first-order chi connectivity index (χ1) is 6.90. The van der Waals surface area contributed by atoms with Gasteiger partial charge < -0.3 is 5.32 Å². The molecule has 2 heteroatoms. The molecule has 0 atom stereocenters. The first-order valence-corrected chi connectivity index (χ1v) is 4.96. The fraction of sp³-hybridized carbons (Fsp3) is 0.250. The first-order valence-electron chi connectivity index (χ1n) is 4.96. The van der Waals surface area contributed by atoms with E-state index in [4.69, 9.17) is 0 Å². The minimum Gasteiger partial charge on any atom is -0.380 e. The van der Waals surface area contributed by atoms with Gasteiger partial charge in [0.2, 0.25) is 0 Å². The molecular weight excluding hydrogens is 172 g/mol. The molecule has 0 amide bonds. The Morgan fingerprint density at radius 1 is 1.43 bits per heavy atom. The van der Waals surface area contributed by atoms with Gasteiger partial charge in [-0.3, -0.25) is 4.98 Å². The average Bonchev–Trinajstić information content (AvgIpc) is 2.30. The Balaban J connectivity index is 2.24. The molecule has 0 bridgehead atoms. The SMILES string of the molecule is CCc1ccc(C2=CC=CCN2)nc1. The predicted molar refractivity (Wildman–Crippen MR) is 58.7 cm³/mol. The molecule has 2 heterocycles. The minimum absolute atomic E-state index is 0.892. The molecule has 0 radical (unpaired) electrons. The van der Waals surface area contributed by atoms with Crippen LogP contribution in [0, 0.1) is 0 Å². The lowest BCUT2D eigenvalue weighted by Gasteiger charge is -2.11. The third-order valence-electron chi connectivity index (χ3n) is 2.32. The maximum absolute atomic E-state index is 4.41. The van der Waals surface area contributed by atoms with Gasteiger partial charge in [-0.05, 0) is 24.1 Å². The highest BCUT2D eigenvalue weighted by Crippen LogP contribution is 2.11. The molecule has 72 valence electrons. The topological polar surface area (TPSA) is 24.9 Å². The lowest BCUT2D eigenvalue weighted by atomic mass is 10.1. The molecule has 1 aromatic heterocycles. The van der Waals surface area contributed by atoms with E-state index in [0.717, 1.165) is 24.4 Å². The van der Waals surface area contributed by atoms with Crippen LogP contribution in [0.4, 0.5) is 0 Å². The van der Waals surface area contributed by atoms with E-state index >= 15 is 0 Å². The van der Waals surface area contributed by atoms with Crippen molar-refractivity contribution in [3.05, 3.63) is 47.8 Å². The molecule has 1 aliphatic rings. The summed E-state index contributed by atoms with van der Waals surface area (Å²) in [6.07, 6.45) is 9.18. The number of dihydropyridines is 1. The number of allylic oxidation sites excluding steroid dienone is 2. The Kier molecular flexibility index (Phi) is 2.63. The summed E-state index contributed by atoms with van der Waals surface area (Å²) in [5, 5.41) is 3.28. The van der Waals surface area contributed by atoms with Crippen LogP contribution in [0.25, 0.3) is 5.70 Å². The first kappa shape index (κ1) is 9.00. The maximum Gasteiger partial charge on any atom is 0.0861 e. The zero-order valence-electron chi connectivity index (χ0n) is 8.33. The highest BCUT2D eigenvalue weighted by Gasteiger charge is 2.02. The monoisotopic (exact) mass is 186 g/mol. The van der Waals surface area contributed by atoms with Gasteiger partial charge in [0, 0.05) is 12.7 Å². The highest BCUT2D eigenvalue weighted by atomic mass is 14.9. The lowest BCUT2D eigenvalue weighted by Crippen LogP contribution is -2.15. The van der Waals surface area contributed by atoms with Gasteiger partial charge >= 0.3 is 0 Å². The molecule has 2 nitrogen and oxygen atoms in total. The number of hydrogen-bond acceptors (Lipinski definition) is 2. The van der Waals surface area contributed by atoms with Crippen LogP contribution >= 0.6 is 0 Å². The lowest BCUT2D eigenvalue weighted by molar-refractivity contribution is 0.976.